The monoisotopic (exact) mass is 194 g/mol. The molecule has 1 aliphatic carbocycles. The van der Waals surface area contributed by atoms with E-state index < -0.39 is 0 Å². The van der Waals surface area contributed by atoms with Gasteiger partial charge < -0.3 is 0 Å². The van der Waals surface area contributed by atoms with Gasteiger partial charge in [0.1, 0.15) is 0 Å². The lowest BCUT2D eigenvalue weighted by molar-refractivity contribution is 0.622. The summed E-state index contributed by atoms with van der Waals surface area (Å²) in [6, 6.07) is 1.86. The van der Waals surface area contributed by atoms with Crippen LogP contribution in [0.5, 0.6) is 0 Å². The van der Waals surface area contributed by atoms with Gasteiger partial charge in [-0.05, 0) is 24.8 Å². The Balaban J connectivity index is 1.79. The van der Waals surface area contributed by atoms with Crippen LogP contribution in [0.2, 0.25) is 0 Å². The fourth-order valence-corrected chi connectivity index (χ4v) is 2.72. The fourth-order valence-electron chi connectivity index (χ4n) is 1.73. The molecule has 0 aliphatic heterocycles. The van der Waals surface area contributed by atoms with Crippen LogP contribution in [0.1, 0.15) is 25.7 Å². The molecule has 0 radical (unpaired) electrons. The van der Waals surface area contributed by atoms with Gasteiger partial charge >= 0.3 is 0 Å². The molecule has 1 saturated carbocycles. The fraction of sp³-hybridized carbons (Fsp3) is 0.600. The van der Waals surface area contributed by atoms with Gasteiger partial charge in [0.15, 0.2) is 5.16 Å². The molecule has 2 nitrogen and oxygen atoms in total. The summed E-state index contributed by atoms with van der Waals surface area (Å²) in [5, 5.41) is 0.925. The highest BCUT2D eigenvalue weighted by Gasteiger charge is 2.15. The minimum absolute atomic E-state index is 0.911. The second kappa shape index (κ2) is 4.61. The van der Waals surface area contributed by atoms with Gasteiger partial charge in [0, 0.05) is 18.1 Å². The largest absolute Gasteiger partial charge is 0.231 e. The maximum absolute atomic E-state index is 4.19. The zero-order valence-electron chi connectivity index (χ0n) is 7.65. The molecule has 3 heteroatoms. The summed E-state index contributed by atoms with van der Waals surface area (Å²) in [5.41, 5.74) is 0. The van der Waals surface area contributed by atoms with Crippen molar-refractivity contribution in [2.45, 2.75) is 30.8 Å². The molecule has 1 fully saturated rings. The number of aromatic nitrogens is 2. The topological polar surface area (TPSA) is 25.8 Å². The molecule has 1 aromatic rings. The number of thioether (sulfide) groups is 1. The number of rotatable bonds is 3. The first kappa shape index (κ1) is 9.00. The molecule has 0 spiro atoms. The molecule has 1 heterocycles. The van der Waals surface area contributed by atoms with Gasteiger partial charge in [-0.1, -0.05) is 24.6 Å². The van der Waals surface area contributed by atoms with Crippen molar-refractivity contribution in [3.8, 4) is 0 Å². The van der Waals surface area contributed by atoms with Gasteiger partial charge in [0.2, 0.25) is 0 Å². The predicted molar refractivity (Wildman–Crippen MR) is 54.7 cm³/mol. The Morgan fingerprint density at radius 2 is 1.92 bits per heavy atom. The third kappa shape index (κ3) is 2.69. The van der Waals surface area contributed by atoms with Crippen LogP contribution in [0, 0.1) is 5.92 Å². The highest BCUT2D eigenvalue weighted by Crippen LogP contribution is 2.29. The van der Waals surface area contributed by atoms with Crippen LogP contribution >= 0.6 is 11.8 Å². The van der Waals surface area contributed by atoms with Gasteiger partial charge in [-0.2, -0.15) is 0 Å². The SMILES string of the molecule is c1cnc(SCC2CCCC2)nc1. The first-order chi connectivity index (χ1) is 6.45. The van der Waals surface area contributed by atoms with E-state index in [0.717, 1.165) is 11.1 Å². The summed E-state index contributed by atoms with van der Waals surface area (Å²) in [6.45, 7) is 0. The average molecular weight is 194 g/mol. The third-order valence-corrected chi connectivity index (χ3v) is 3.57. The molecule has 0 saturated heterocycles. The van der Waals surface area contributed by atoms with Gasteiger partial charge in [-0.25, -0.2) is 9.97 Å². The van der Waals surface area contributed by atoms with Crippen LogP contribution < -0.4 is 0 Å². The predicted octanol–water partition coefficient (Wildman–Crippen LogP) is 2.76. The van der Waals surface area contributed by atoms with Crippen LogP contribution in [0.15, 0.2) is 23.6 Å². The number of nitrogens with zero attached hydrogens (tertiary/aromatic N) is 2. The van der Waals surface area contributed by atoms with Crippen molar-refractivity contribution in [1.29, 1.82) is 0 Å². The van der Waals surface area contributed by atoms with Crippen molar-refractivity contribution in [2.75, 3.05) is 5.75 Å². The molecule has 0 N–H and O–H groups in total. The Labute approximate surface area is 83.2 Å². The van der Waals surface area contributed by atoms with E-state index in [0.29, 0.717) is 0 Å². The molecule has 0 atom stereocenters. The zero-order chi connectivity index (χ0) is 8.93. The van der Waals surface area contributed by atoms with Crippen LogP contribution in [-0.4, -0.2) is 15.7 Å². The van der Waals surface area contributed by atoms with E-state index in [1.165, 1.54) is 31.4 Å². The van der Waals surface area contributed by atoms with E-state index >= 15 is 0 Å². The number of hydrogen-bond acceptors (Lipinski definition) is 3. The minimum Gasteiger partial charge on any atom is -0.231 e. The normalized spacial score (nSPS) is 17.8. The van der Waals surface area contributed by atoms with Crippen molar-refractivity contribution >= 4 is 11.8 Å². The minimum atomic E-state index is 0.911. The standard InChI is InChI=1S/C10H14N2S/c1-2-5-9(4-1)8-13-10-11-6-3-7-12-10/h3,6-7,9H,1-2,4-5,8H2. The van der Waals surface area contributed by atoms with Crippen LogP contribution in [0.4, 0.5) is 0 Å². The summed E-state index contributed by atoms with van der Waals surface area (Å²) >= 11 is 1.80. The molecule has 2 rings (SSSR count). The molecule has 0 amide bonds. The van der Waals surface area contributed by atoms with E-state index in [4.69, 9.17) is 0 Å². The smallest absolute Gasteiger partial charge is 0.187 e. The van der Waals surface area contributed by atoms with Gasteiger partial charge in [0.05, 0.1) is 0 Å². The lowest BCUT2D eigenvalue weighted by atomic mass is 10.1. The maximum atomic E-state index is 4.19. The molecule has 0 bridgehead atoms. The lowest BCUT2D eigenvalue weighted by Gasteiger charge is -2.05. The van der Waals surface area contributed by atoms with Gasteiger partial charge in [-0.15, -0.1) is 0 Å². The highest BCUT2D eigenvalue weighted by atomic mass is 32.2. The summed E-state index contributed by atoms with van der Waals surface area (Å²) in [7, 11) is 0. The maximum Gasteiger partial charge on any atom is 0.187 e. The van der Waals surface area contributed by atoms with E-state index in [2.05, 4.69) is 9.97 Å². The van der Waals surface area contributed by atoms with Crippen molar-refractivity contribution < 1.29 is 0 Å². The van der Waals surface area contributed by atoms with E-state index in [-0.39, 0.29) is 0 Å². The quantitative estimate of drug-likeness (QED) is 0.546. The van der Waals surface area contributed by atoms with Crippen LogP contribution in [-0.2, 0) is 0 Å². The molecular weight excluding hydrogens is 180 g/mol. The van der Waals surface area contributed by atoms with Gasteiger partial charge in [0.25, 0.3) is 0 Å². The summed E-state index contributed by atoms with van der Waals surface area (Å²) < 4.78 is 0. The summed E-state index contributed by atoms with van der Waals surface area (Å²) in [6.07, 6.45) is 9.26. The Hall–Kier alpha value is -0.570. The zero-order valence-corrected chi connectivity index (χ0v) is 8.46. The molecule has 1 aliphatic rings. The van der Waals surface area contributed by atoms with Crippen molar-refractivity contribution in [1.82, 2.24) is 9.97 Å². The summed E-state index contributed by atoms with van der Waals surface area (Å²) in [5.74, 6) is 2.11. The lowest BCUT2D eigenvalue weighted by Crippen LogP contribution is -1.97. The second-order valence-corrected chi connectivity index (χ2v) is 4.48. The molecule has 13 heavy (non-hydrogen) atoms. The van der Waals surface area contributed by atoms with Crippen molar-refractivity contribution in [2.24, 2.45) is 5.92 Å². The molecule has 70 valence electrons. The summed E-state index contributed by atoms with van der Waals surface area (Å²) in [4.78, 5) is 8.38. The molecule has 0 aromatic carbocycles. The van der Waals surface area contributed by atoms with Crippen molar-refractivity contribution in [3.63, 3.8) is 0 Å². The van der Waals surface area contributed by atoms with Crippen LogP contribution in [0.25, 0.3) is 0 Å². The highest BCUT2D eigenvalue weighted by molar-refractivity contribution is 7.99. The van der Waals surface area contributed by atoms with E-state index in [1.54, 1.807) is 11.8 Å². The second-order valence-electron chi connectivity index (χ2n) is 3.49. The van der Waals surface area contributed by atoms with Crippen molar-refractivity contribution in [3.05, 3.63) is 18.5 Å². The third-order valence-electron chi connectivity index (χ3n) is 2.46. The first-order valence-electron chi connectivity index (χ1n) is 4.85. The van der Waals surface area contributed by atoms with Gasteiger partial charge in [-0.3, -0.25) is 0 Å². The Bertz CT molecular complexity index is 244. The Kier molecular flexibility index (Phi) is 3.19. The van der Waals surface area contributed by atoms with E-state index in [1.807, 2.05) is 18.5 Å². The number of hydrogen-bond donors (Lipinski definition) is 0. The molecule has 0 unspecified atom stereocenters. The molecule has 1 aromatic heterocycles. The Morgan fingerprint density at radius 3 is 2.62 bits per heavy atom. The Morgan fingerprint density at radius 1 is 1.23 bits per heavy atom. The van der Waals surface area contributed by atoms with Crippen LogP contribution in [0.3, 0.4) is 0 Å². The molecular formula is C10H14N2S. The average Bonchev–Trinajstić information content (AvgIpc) is 2.69. The first-order valence-corrected chi connectivity index (χ1v) is 5.83. The van der Waals surface area contributed by atoms with E-state index in [9.17, 15) is 0 Å².